The van der Waals surface area contributed by atoms with Gasteiger partial charge in [-0.1, -0.05) is 0 Å². The molecule has 0 aliphatic carbocycles. The van der Waals surface area contributed by atoms with Crippen LogP contribution in [0.1, 0.15) is 6.92 Å². The van der Waals surface area contributed by atoms with Gasteiger partial charge in [-0.25, -0.2) is 4.98 Å². The highest BCUT2D eigenvalue weighted by Gasteiger charge is 1.98. The standard InChI is InChI=1S/C8H9N3O/c1-2-12-8-4-3-6-7(10-8)5-9-11-6/h3-5H,2H2,1H3,(H,9,11). The van der Waals surface area contributed by atoms with E-state index in [9.17, 15) is 0 Å². The minimum Gasteiger partial charge on any atom is -0.478 e. The van der Waals surface area contributed by atoms with Gasteiger partial charge in [0, 0.05) is 6.07 Å². The molecule has 0 saturated heterocycles. The lowest BCUT2D eigenvalue weighted by molar-refractivity contribution is 0.328. The molecule has 0 aromatic carbocycles. The van der Waals surface area contributed by atoms with Gasteiger partial charge in [0.05, 0.1) is 18.3 Å². The second-order valence-electron chi connectivity index (χ2n) is 2.39. The summed E-state index contributed by atoms with van der Waals surface area (Å²) < 4.78 is 5.23. The van der Waals surface area contributed by atoms with Crippen LogP contribution >= 0.6 is 0 Å². The zero-order chi connectivity index (χ0) is 8.39. The third-order valence-corrected chi connectivity index (χ3v) is 1.56. The number of hydrogen-bond donors (Lipinski definition) is 1. The van der Waals surface area contributed by atoms with Crippen LogP contribution in [0.2, 0.25) is 0 Å². The maximum Gasteiger partial charge on any atom is 0.213 e. The molecule has 0 bridgehead atoms. The number of H-pyrrole nitrogens is 1. The van der Waals surface area contributed by atoms with Crippen LogP contribution in [0.4, 0.5) is 0 Å². The Labute approximate surface area is 69.6 Å². The first-order valence-corrected chi connectivity index (χ1v) is 3.83. The third kappa shape index (κ3) is 1.11. The van der Waals surface area contributed by atoms with Gasteiger partial charge in [-0.2, -0.15) is 5.10 Å². The molecule has 0 atom stereocenters. The van der Waals surface area contributed by atoms with Crippen molar-refractivity contribution in [1.82, 2.24) is 15.2 Å². The molecule has 2 aromatic rings. The fourth-order valence-corrected chi connectivity index (χ4v) is 1.04. The molecule has 0 unspecified atom stereocenters. The molecule has 2 rings (SSSR count). The maximum absolute atomic E-state index is 5.23. The number of aromatic amines is 1. The number of fused-ring (bicyclic) bond motifs is 1. The van der Waals surface area contributed by atoms with E-state index in [1.807, 2.05) is 19.1 Å². The molecule has 62 valence electrons. The van der Waals surface area contributed by atoms with E-state index in [1.54, 1.807) is 6.20 Å². The quantitative estimate of drug-likeness (QED) is 0.727. The fraction of sp³-hybridized carbons (Fsp3) is 0.250. The van der Waals surface area contributed by atoms with Crippen molar-refractivity contribution in [2.24, 2.45) is 0 Å². The monoisotopic (exact) mass is 163 g/mol. The van der Waals surface area contributed by atoms with Crippen molar-refractivity contribution < 1.29 is 4.74 Å². The molecule has 1 N–H and O–H groups in total. The number of aromatic nitrogens is 3. The minimum absolute atomic E-state index is 0.635. The molecule has 0 spiro atoms. The normalized spacial score (nSPS) is 10.4. The molecular weight excluding hydrogens is 154 g/mol. The molecule has 0 fully saturated rings. The molecule has 0 amide bonds. The SMILES string of the molecule is CCOc1ccc2[nH]ncc2n1. The zero-order valence-corrected chi connectivity index (χ0v) is 6.74. The van der Waals surface area contributed by atoms with Crippen LogP contribution in [0.5, 0.6) is 5.88 Å². The smallest absolute Gasteiger partial charge is 0.213 e. The molecule has 2 aromatic heterocycles. The topological polar surface area (TPSA) is 50.8 Å². The first-order chi connectivity index (χ1) is 5.90. The van der Waals surface area contributed by atoms with Crippen LogP contribution in [0.15, 0.2) is 18.3 Å². The average Bonchev–Trinajstić information content (AvgIpc) is 2.51. The van der Waals surface area contributed by atoms with Gasteiger partial charge >= 0.3 is 0 Å². The number of pyridine rings is 1. The molecule has 12 heavy (non-hydrogen) atoms. The van der Waals surface area contributed by atoms with E-state index in [4.69, 9.17) is 4.74 Å². The number of nitrogens with zero attached hydrogens (tertiary/aromatic N) is 2. The molecule has 0 radical (unpaired) electrons. The van der Waals surface area contributed by atoms with Crippen LogP contribution in [-0.4, -0.2) is 21.8 Å². The summed E-state index contributed by atoms with van der Waals surface area (Å²) in [5, 5.41) is 6.68. The first-order valence-electron chi connectivity index (χ1n) is 3.83. The lowest BCUT2D eigenvalue weighted by Crippen LogP contribution is -1.93. The predicted molar refractivity (Wildman–Crippen MR) is 45.1 cm³/mol. The Hall–Kier alpha value is -1.58. The Morgan fingerprint density at radius 1 is 1.50 bits per heavy atom. The van der Waals surface area contributed by atoms with E-state index in [-0.39, 0.29) is 0 Å². The van der Waals surface area contributed by atoms with Crippen molar-refractivity contribution in [2.75, 3.05) is 6.61 Å². The minimum atomic E-state index is 0.635. The molecule has 4 heteroatoms. The van der Waals surface area contributed by atoms with Gasteiger partial charge in [0.1, 0.15) is 5.52 Å². The number of hydrogen-bond acceptors (Lipinski definition) is 3. The van der Waals surface area contributed by atoms with Crippen molar-refractivity contribution >= 4 is 11.0 Å². The molecular formula is C8H9N3O. The molecule has 2 heterocycles. The Kier molecular flexibility index (Phi) is 1.66. The fourth-order valence-electron chi connectivity index (χ4n) is 1.04. The highest BCUT2D eigenvalue weighted by Crippen LogP contribution is 2.13. The molecule has 0 aliphatic rings. The van der Waals surface area contributed by atoms with Gasteiger partial charge in [0.25, 0.3) is 0 Å². The lowest BCUT2D eigenvalue weighted by Gasteiger charge is -1.99. The number of ether oxygens (including phenoxy) is 1. The Bertz CT molecular complexity index is 382. The second-order valence-corrected chi connectivity index (χ2v) is 2.39. The average molecular weight is 163 g/mol. The summed E-state index contributed by atoms with van der Waals surface area (Å²) in [5.41, 5.74) is 1.76. The van der Waals surface area contributed by atoms with Crippen LogP contribution in [0, 0.1) is 0 Å². The van der Waals surface area contributed by atoms with Gasteiger partial charge < -0.3 is 4.74 Å². The summed E-state index contributed by atoms with van der Waals surface area (Å²) in [4.78, 5) is 4.21. The summed E-state index contributed by atoms with van der Waals surface area (Å²) >= 11 is 0. The third-order valence-electron chi connectivity index (χ3n) is 1.56. The number of nitrogens with one attached hydrogen (secondary N) is 1. The highest BCUT2D eigenvalue weighted by atomic mass is 16.5. The van der Waals surface area contributed by atoms with Crippen LogP contribution in [-0.2, 0) is 0 Å². The van der Waals surface area contributed by atoms with E-state index in [2.05, 4.69) is 15.2 Å². The summed E-state index contributed by atoms with van der Waals surface area (Å²) in [5.74, 6) is 0.645. The summed E-state index contributed by atoms with van der Waals surface area (Å²) in [6, 6.07) is 3.73. The van der Waals surface area contributed by atoms with Crippen molar-refractivity contribution in [3.05, 3.63) is 18.3 Å². The van der Waals surface area contributed by atoms with Crippen molar-refractivity contribution in [2.45, 2.75) is 6.92 Å². The Morgan fingerprint density at radius 3 is 3.25 bits per heavy atom. The number of rotatable bonds is 2. The van der Waals surface area contributed by atoms with Crippen molar-refractivity contribution in [1.29, 1.82) is 0 Å². The van der Waals surface area contributed by atoms with Gasteiger partial charge in [0.15, 0.2) is 0 Å². The van der Waals surface area contributed by atoms with Crippen molar-refractivity contribution in [3.63, 3.8) is 0 Å². The van der Waals surface area contributed by atoms with E-state index >= 15 is 0 Å². The van der Waals surface area contributed by atoms with E-state index in [0.29, 0.717) is 12.5 Å². The maximum atomic E-state index is 5.23. The van der Waals surface area contributed by atoms with Gasteiger partial charge in [0.2, 0.25) is 5.88 Å². The second kappa shape index (κ2) is 2.81. The summed E-state index contributed by atoms with van der Waals surface area (Å²) in [6.07, 6.45) is 1.68. The van der Waals surface area contributed by atoms with Crippen LogP contribution in [0.25, 0.3) is 11.0 Å². The summed E-state index contributed by atoms with van der Waals surface area (Å²) in [7, 11) is 0. The first kappa shape index (κ1) is 7.09. The van der Waals surface area contributed by atoms with Crippen LogP contribution < -0.4 is 4.74 Å². The molecule has 0 aliphatic heterocycles. The van der Waals surface area contributed by atoms with Gasteiger partial charge in [-0.15, -0.1) is 0 Å². The Balaban J connectivity index is 2.46. The zero-order valence-electron chi connectivity index (χ0n) is 6.74. The molecule has 4 nitrogen and oxygen atoms in total. The largest absolute Gasteiger partial charge is 0.478 e. The van der Waals surface area contributed by atoms with E-state index in [1.165, 1.54) is 0 Å². The van der Waals surface area contributed by atoms with Crippen molar-refractivity contribution in [3.8, 4) is 5.88 Å². The van der Waals surface area contributed by atoms with Gasteiger partial charge in [-0.05, 0) is 13.0 Å². The highest BCUT2D eigenvalue weighted by molar-refractivity contribution is 5.73. The summed E-state index contributed by atoms with van der Waals surface area (Å²) in [6.45, 7) is 2.57. The Morgan fingerprint density at radius 2 is 2.42 bits per heavy atom. The predicted octanol–water partition coefficient (Wildman–Crippen LogP) is 1.36. The van der Waals surface area contributed by atoms with Crippen LogP contribution in [0.3, 0.4) is 0 Å². The van der Waals surface area contributed by atoms with E-state index < -0.39 is 0 Å². The van der Waals surface area contributed by atoms with E-state index in [0.717, 1.165) is 11.0 Å². The van der Waals surface area contributed by atoms with Gasteiger partial charge in [-0.3, -0.25) is 5.10 Å². The lowest BCUT2D eigenvalue weighted by atomic mass is 10.4. The molecule has 0 saturated carbocycles.